The van der Waals surface area contributed by atoms with Gasteiger partial charge in [-0.25, -0.2) is 0 Å². The van der Waals surface area contributed by atoms with E-state index in [2.05, 4.69) is 19.2 Å². The van der Waals surface area contributed by atoms with Crippen LogP contribution >= 0.6 is 12.2 Å². The van der Waals surface area contributed by atoms with Gasteiger partial charge in [0.15, 0.2) is 0 Å². The maximum absolute atomic E-state index is 5.32. The zero-order valence-electron chi connectivity index (χ0n) is 5.73. The van der Waals surface area contributed by atoms with Crippen LogP contribution in [0.3, 0.4) is 0 Å². The third-order valence-corrected chi connectivity index (χ3v) is 1.92. The molecule has 1 aliphatic heterocycles. The van der Waals surface area contributed by atoms with E-state index in [1.54, 1.807) is 0 Å². The van der Waals surface area contributed by atoms with Gasteiger partial charge >= 0.3 is 0 Å². The van der Waals surface area contributed by atoms with Gasteiger partial charge in [-0.1, -0.05) is 6.92 Å². The molecule has 0 bridgehead atoms. The lowest BCUT2D eigenvalue weighted by Gasteiger charge is -2.18. The molecule has 1 rings (SSSR count). The predicted molar refractivity (Wildman–Crippen MR) is 40.4 cm³/mol. The monoisotopic (exact) mass is 145 g/mol. The highest BCUT2D eigenvalue weighted by atomic mass is 32.1. The summed E-state index contributed by atoms with van der Waals surface area (Å²) in [6, 6.07) is 0. The van der Waals surface area contributed by atoms with Crippen LogP contribution in [0.15, 0.2) is 0 Å². The number of thiocarbonyl (C=S) groups is 1. The SMILES string of the molecule is CC[C@]1(C)CNC(=S)O1. The van der Waals surface area contributed by atoms with Crippen molar-refractivity contribution in [3.05, 3.63) is 0 Å². The van der Waals surface area contributed by atoms with Crippen LogP contribution in [-0.2, 0) is 4.74 Å². The molecule has 0 aromatic heterocycles. The Morgan fingerprint density at radius 3 is 2.78 bits per heavy atom. The molecular formula is C6H11NOS. The second kappa shape index (κ2) is 2.14. The third-order valence-electron chi connectivity index (χ3n) is 1.69. The van der Waals surface area contributed by atoms with Crippen LogP contribution in [0.25, 0.3) is 0 Å². The summed E-state index contributed by atoms with van der Waals surface area (Å²) in [6.07, 6.45) is 1.00. The normalized spacial score (nSPS) is 33.8. The minimum absolute atomic E-state index is 0.0446. The molecule has 0 radical (unpaired) electrons. The molecule has 1 fully saturated rings. The van der Waals surface area contributed by atoms with Gasteiger partial charge in [-0.3, -0.25) is 0 Å². The fourth-order valence-electron chi connectivity index (χ4n) is 0.752. The Hall–Kier alpha value is -0.310. The van der Waals surface area contributed by atoms with Gasteiger partial charge in [0, 0.05) is 0 Å². The van der Waals surface area contributed by atoms with Crippen LogP contribution in [0, 0.1) is 0 Å². The molecule has 0 saturated carbocycles. The van der Waals surface area contributed by atoms with Gasteiger partial charge < -0.3 is 10.1 Å². The zero-order chi connectivity index (χ0) is 6.91. The van der Waals surface area contributed by atoms with Gasteiger partial charge in [-0.15, -0.1) is 0 Å². The van der Waals surface area contributed by atoms with Crippen molar-refractivity contribution in [2.75, 3.05) is 6.54 Å². The van der Waals surface area contributed by atoms with Crippen molar-refractivity contribution in [3.8, 4) is 0 Å². The summed E-state index contributed by atoms with van der Waals surface area (Å²) in [5.74, 6) is 0. The van der Waals surface area contributed by atoms with Crippen molar-refractivity contribution in [3.63, 3.8) is 0 Å². The van der Waals surface area contributed by atoms with Crippen molar-refractivity contribution in [1.29, 1.82) is 0 Å². The summed E-state index contributed by atoms with van der Waals surface area (Å²) in [4.78, 5) is 0. The van der Waals surface area contributed by atoms with E-state index in [1.165, 1.54) is 0 Å². The summed E-state index contributed by atoms with van der Waals surface area (Å²) >= 11 is 4.80. The fourth-order valence-corrected chi connectivity index (χ4v) is 1.03. The van der Waals surface area contributed by atoms with Crippen LogP contribution in [0.4, 0.5) is 0 Å². The Morgan fingerprint density at radius 1 is 1.89 bits per heavy atom. The number of hydrogen-bond donors (Lipinski definition) is 1. The maximum atomic E-state index is 5.32. The fraction of sp³-hybridized carbons (Fsp3) is 0.833. The average molecular weight is 145 g/mol. The van der Waals surface area contributed by atoms with Crippen molar-refractivity contribution < 1.29 is 4.74 Å². The first-order valence-corrected chi connectivity index (χ1v) is 3.54. The van der Waals surface area contributed by atoms with E-state index in [0.717, 1.165) is 13.0 Å². The van der Waals surface area contributed by atoms with Crippen LogP contribution in [0.1, 0.15) is 20.3 Å². The van der Waals surface area contributed by atoms with Gasteiger partial charge in [0.1, 0.15) is 5.60 Å². The molecule has 1 heterocycles. The van der Waals surface area contributed by atoms with E-state index < -0.39 is 0 Å². The molecule has 3 heteroatoms. The quantitative estimate of drug-likeness (QED) is 0.557. The van der Waals surface area contributed by atoms with E-state index >= 15 is 0 Å². The largest absolute Gasteiger partial charge is 0.463 e. The molecule has 1 atom stereocenters. The lowest BCUT2D eigenvalue weighted by Crippen LogP contribution is -2.27. The molecule has 0 aromatic carbocycles. The van der Waals surface area contributed by atoms with E-state index in [4.69, 9.17) is 17.0 Å². The second-order valence-corrected chi connectivity index (χ2v) is 2.92. The minimum atomic E-state index is -0.0446. The lowest BCUT2D eigenvalue weighted by molar-refractivity contribution is 0.114. The van der Waals surface area contributed by atoms with Gasteiger partial charge in [-0.05, 0) is 25.6 Å². The molecular weight excluding hydrogens is 134 g/mol. The third kappa shape index (κ3) is 1.33. The van der Waals surface area contributed by atoms with Crippen LogP contribution in [-0.4, -0.2) is 17.3 Å². The Bertz CT molecular complexity index is 137. The smallest absolute Gasteiger partial charge is 0.257 e. The predicted octanol–water partition coefficient (Wildman–Crippen LogP) is 1.06. The van der Waals surface area contributed by atoms with Crippen LogP contribution in [0.5, 0.6) is 0 Å². The number of hydrogen-bond acceptors (Lipinski definition) is 2. The van der Waals surface area contributed by atoms with Crippen molar-refractivity contribution in [2.24, 2.45) is 0 Å². The number of ether oxygens (including phenoxy) is 1. The molecule has 0 aromatic rings. The van der Waals surface area contributed by atoms with Gasteiger partial charge in [0.25, 0.3) is 5.17 Å². The molecule has 1 saturated heterocycles. The molecule has 9 heavy (non-hydrogen) atoms. The van der Waals surface area contributed by atoms with Crippen molar-refractivity contribution >= 4 is 17.4 Å². The van der Waals surface area contributed by atoms with Crippen molar-refractivity contribution in [2.45, 2.75) is 25.9 Å². The van der Waals surface area contributed by atoms with Gasteiger partial charge in [-0.2, -0.15) is 0 Å². The Kier molecular flexibility index (Phi) is 1.62. The highest BCUT2D eigenvalue weighted by Crippen LogP contribution is 2.18. The Balaban J connectivity index is 2.54. The van der Waals surface area contributed by atoms with Gasteiger partial charge in [0.2, 0.25) is 0 Å². The average Bonchev–Trinajstić information content (AvgIpc) is 2.13. The molecule has 52 valence electrons. The van der Waals surface area contributed by atoms with E-state index in [1.807, 2.05) is 0 Å². The number of nitrogens with one attached hydrogen (secondary N) is 1. The van der Waals surface area contributed by atoms with Crippen molar-refractivity contribution in [1.82, 2.24) is 5.32 Å². The topological polar surface area (TPSA) is 21.3 Å². The van der Waals surface area contributed by atoms with Gasteiger partial charge in [0.05, 0.1) is 6.54 Å². The first kappa shape index (κ1) is 6.81. The molecule has 1 aliphatic rings. The maximum Gasteiger partial charge on any atom is 0.257 e. The summed E-state index contributed by atoms with van der Waals surface area (Å²) < 4.78 is 5.32. The summed E-state index contributed by atoms with van der Waals surface area (Å²) in [5.41, 5.74) is -0.0446. The lowest BCUT2D eigenvalue weighted by atomic mass is 10.1. The van der Waals surface area contributed by atoms with E-state index in [0.29, 0.717) is 5.17 Å². The highest BCUT2D eigenvalue weighted by molar-refractivity contribution is 7.80. The Labute approximate surface area is 60.6 Å². The summed E-state index contributed by atoms with van der Waals surface area (Å²) in [7, 11) is 0. The molecule has 0 unspecified atom stereocenters. The standard InChI is InChI=1S/C6H11NOS/c1-3-6(2)4-7-5(9)8-6/h3-4H2,1-2H3,(H,7,9)/t6-/m1/s1. The zero-order valence-corrected chi connectivity index (χ0v) is 6.55. The highest BCUT2D eigenvalue weighted by Gasteiger charge is 2.30. The summed E-state index contributed by atoms with van der Waals surface area (Å²) in [5, 5.41) is 3.51. The first-order valence-electron chi connectivity index (χ1n) is 3.13. The molecule has 0 aliphatic carbocycles. The molecule has 0 spiro atoms. The minimum Gasteiger partial charge on any atom is -0.463 e. The molecule has 1 N–H and O–H groups in total. The molecule has 2 nitrogen and oxygen atoms in total. The van der Waals surface area contributed by atoms with E-state index in [9.17, 15) is 0 Å². The van der Waals surface area contributed by atoms with Crippen LogP contribution < -0.4 is 5.32 Å². The van der Waals surface area contributed by atoms with E-state index in [-0.39, 0.29) is 5.60 Å². The number of rotatable bonds is 1. The Morgan fingerprint density at radius 2 is 2.56 bits per heavy atom. The summed E-state index contributed by atoms with van der Waals surface area (Å²) in [6.45, 7) is 5.00. The van der Waals surface area contributed by atoms with Crippen LogP contribution in [0.2, 0.25) is 0 Å². The first-order chi connectivity index (χ1) is 4.16. The molecule has 0 amide bonds. The second-order valence-electron chi connectivity index (χ2n) is 2.55.